The molecule has 1 fully saturated rings. The van der Waals surface area contributed by atoms with E-state index in [-0.39, 0.29) is 18.4 Å². The summed E-state index contributed by atoms with van der Waals surface area (Å²) in [5, 5.41) is 19.7. The topological polar surface area (TPSA) is 74.9 Å². The minimum atomic E-state index is -0.864. The number of amides is 1. The van der Waals surface area contributed by atoms with Crippen LogP contribution in [0.4, 0.5) is 0 Å². The maximum Gasteiger partial charge on any atom is 0.224 e. The Morgan fingerprint density at radius 3 is 2.73 bits per heavy atom. The molecule has 0 radical (unpaired) electrons. The van der Waals surface area contributed by atoms with E-state index in [0.29, 0.717) is 32.7 Å². The molecule has 2 heterocycles. The van der Waals surface area contributed by atoms with E-state index < -0.39 is 12.2 Å². The van der Waals surface area contributed by atoms with Crippen molar-refractivity contribution in [3.05, 3.63) is 24.5 Å². The molecule has 3 atom stereocenters. The average molecular weight is 310 g/mol. The van der Waals surface area contributed by atoms with Crippen molar-refractivity contribution in [3.8, 4) is 0 Å². The summed E-state index contributed by atoms with van der Waals surface area (Å²) in [6.45, 7) is 4.30. The highest BCUT2D eigenvalue weighted by molar-refractivity contribution is 5.76. The maximum atomic E-state index is 12.4. The standard InChI is InChI=1S/C16H26N2O4/c1-2-6-18(10-13-11-22-12-14(19)16(13)21)15(20)5-9-17-7-3-4-8-17/h3-4,7-8,13-14,16,19,21H,2,5-6,9-12H2,1H3/t13-,14-,16+/m1/s1. The second kappa shape index (κ2) is 8.31. The zero-order chi connectivity index (χ0) is 15.9. The van der Waals surface area contributed by atoms with Gasteiger partial charge >= 0.3 is 0 Å². The van der Waals surface area contributed by atoms with Crippen LogP contribution in [-0.2, 0) is 16.1 Å². The molecule has 0 bridgehead atoms. The Morgan fingerprint density at radius 1 is 1.32 bits per heavy atom. The van der Waals surface area contributed by atoms with E-state index in [1.165, 1.54) is 0 Å². The van der Waals surface area contributed by atoms with Crippen LogP contribution in [-0.4, -0.2) is 64.1 Å². The molecule has 6 nitrogen and oxygen atoms in total. The van der Waals surface area contributed by atoms with Crippen LogP contribution in [0.3, 0.4) is 0 Å². The largest absolute Gasteiger partial charge is 0.390 e. The highest BCUT2D eigenvalue weighted by Crippen LogP contribution is 2.17. The summed E-state index contributed by atoms with van der Waals surface area (Å²) in [5.74, 6) is -0.159. The van der Waals surface area contributed by atoms with Crippen LogP contribution in [0.15, 0.2) is 24.5 Å². The first-order chi connectivity index (χ1) is 10.6. The molecule has 124 valence electrons. The van der Waals surface area contributed by atoms with Gasteiger partial charge in [0.1, 0.15) is 6.10 Å². The number of aliphatic hydroxyl groups excluding tert-OH is 2. The molecule has 0 aliphatic carbocycles. The lowest BCUT2D eigenvalue weighted by atomic mass is 9.95. The summed E-state index contributed by atoms with van der Waals surface area (Å²) in [6.07, 6.45) is 3.48. The minimum absolute atomic E-state index is 0.0720. The van der Waals surface area contributed by atoms with Crippen LogP contribution in [0.5, 0.6) is 0 Å². The Morgan fingerprint density at radius 2 is 2.05 bits per heavy atom. The average Bonchev–Trinajstić information content (AvgIpc) is 3.02. The van der Waals surface area contributed by atoms with Crippen LogP contribution in [0, 0.1) is 5.92 Å². The van der Waals surface area contributed by atoms with Gasteiger partial charge in [0.25, 0.3) is 0 Å². The first-order valence-electron chi connectivity index (χ1n) is 7.94. The highest BCUT2D eigenvalue weighted by atomic mass is 16.5. The first-order valence-corrected chi connectivity index (χ1v) is 7.94. The van der Waals surface area contributed by atoms with E-state index in [1.807, 2.05) is 36.0 Å². The van der Waals surface area contributed by atoms with E-state index in [2.05, 4.69) is 0 Å². The zero-order valence-corrected chi connectivity index (χ0v) is 13.1. The Balaban J connectivity index is 1.89. The molecule has 1 amide bonds. The summed E-state index contributed by atoms with van der Waals surface area (Å²) in [7, 11) is 0. The molecule has 1 aliphatic heterocycles. The number of carbonyl (C=O) groups is 1. The molecule has 0 aromatic carbocycles. The molecule has 1 aromatic rings. The van der Waals surface area contributed by atoms with Gasteiger partial charge in [0.15, 0.2) is 0 Å². The number of nitrogens with zero attached hydrogens (tertiary/aromatic N) is 2. The summed E-state index contributed by atoms with van der Waals surface area (Å²) in [5.41, 5.74) is 0. The molecule has 2 rings (SSSR count). The van der Waals surface area contributed by atoms with Crippen molar-refractivity contribution >= 4 is 5.91 Å². The smallest absolute Gasteiger partial charge is 0.224 e. The van der Waals surface area contributed by atoms with Gasteiger partial charge < -0.3 is 24.4 Å². The van der Waals surface area contributed by atoms with Gasteiger partial charge in [-0.05, 0) is 18.6 Å². The summed E-state index contributed by atoms with van der Waals surface area (Å²) >= 11 is 0. The third-order valence-corrected chi connectivity index (χ3v) is 4.05. The monoisotopic (exact) mass is 310 g/mol. The van der Waals surface area contributed by atoms with Crippen LogP contribution >= 0.6 is 0 Å². The van der Waals surface area contributed by atoms with Crippen molar-refractivity contribution in [1.29, 1.82) is 0 Å². The quantitative estimate of drug-likeness (QED) is 0.768. The van der Waals surface area contributed by atoms with Gasteiger partial charge in [-0.15, -0.1) is 0 Å². The molecule has 1 aromatic heterocycles. The van der Waals surface area contributed by atoms with Gasteiger partial charge in [-0.1, -0.05) is 6.92 Å². The molecule has 22 heavy (non-hydrogen) atoms. The van der Waals surface area contributed by atoms with E-state index in [1.54, 1.807) is 4.90 Å². The van der Waals surface area contributed by atoms with E-state index in [9.17, 15) is 15.0 Å². The number of aromatic nitrogens is 1. The first kappa shape index (κ1) is 17.0. The van der Waals surface area contributed by atoms with Gasteiger partial charge in [-0.25, -0.2) is 0 Å². The van der Waals surface area contributed by atoms with Crippen molar-refractivity contribution < 1.29 is 19.7 Å². The summed E-state index contributed by atoms with van der Waals surface area (Å²) < 4.78 is 7.27. The molecule has 0 spiro atoms. The maximum absolute atomic E-state index is 12.4. The molecule has 0 unspecified atom stereocenters. The molecule has 1 aliphatic rings. The van der Waals surface area contributed by atoms with Gasteiger partial charge in [-0.2, -0.15) is 0 Å². The highest BCUT2D eigenvalue weighted by Gasteiger charge is 2.33. The van der Waals surface area contributed by atoms with Gasteiger partial charge in [0.2, 0.25) is 5.91 Å². The van der Waals surface area contributed by atoms with Crippen LogP contribution in [0.25, 0.3) is 0 Å². The van der Waals surface area contributed by atoms with E-state index in [4.69, 9.17) is 4.74 Å². The van der Waals surface area contributed by atoms with E-state index in [0.717, 1.165) is 6.42 Å². The van der Waals surface area contributed by atoms with Crippen LogP contribution in [0.2, 0.25) is 0 Å². The van der Waals surface area contributed by atoms with Crippen molar-refractivity contribution in [2.45, 2.75) is 38.5 Å². The fourth-order valence-electron chi connectivity index (χ4n) is 2.79. The lowest BCUT2D eigenvalue weighted by Crippen LogP contribution is -2.49. The second-order valence-electron chi connectivity index (χ2n) is 5.87. The second-order valence-corrected chi connectivity index (χ2v) is 5.87. The van der Waals surface area contributed by atoms with Crippen LogP contribution < -0.4 is 0 Å². The van der Waals surface area contributed by atoms with Crippen molar-refractivity contribution in [3.63, 3.8) is 0 Å². The van der Waals surface area contributed by atoms with Crippen molar-refractivity contribution in [2.24, 2.45) is 5.92 Å². The molecular formula is C16H26N2O4. The molecule has 0 saturated carbocycles. The lowest BCUT2D eigenvalue weighted by molar-refractivity contribution is -0.142. The van der Waals surface area contributed by atoms with Crippen molar-refractivity contribution in [1.82, 2.24) is 9.47 Å². The number of rotatable bonds is 7. The van der Waals surface area contributed by atoms with E-state index >= 15 is 0 Å². The number of aryl methyl sites for hydroxylation is 1. The number of hydrogen-bond acceptors (Lipinski definition) is 4. The molecule has 1 saturated heterocycles. The van der Waals surface area contributed by atoms with Gasteiger partial charge in [0.05, 0.1) is 19.3 Å². The molecular weight excluding hydrogens is 284 g/mol. The predicted octanol–water partition coefficient (Wildman–Crippen LogP) is 0.485. The fourth-order valence-corrected chi connectivity index (χ4v) is 2.79. The van der Waals surface area contributed by atoms with Gasteiger partial charge in [-0.3, -0.25) is 4.79 Å². The number of carbonyl (C=O) groups excluding carboxylic acids is 1. The Bertz CT molecular complexity index is 449. The Labute approximate surface area is 131 Å². The molecule has 6 heteroatoms. The number of ether oxygens (including phenoxy) is 1. The third-order valence-electron chi connectivity index (χ3n) is 4.05. The SMILES string of the molecule is CCCN(C[C@@H]1COC[C@@H](O)[C@H]1O)C(=O)CCn1cccc1. The predicted molar refractivity (Wildman–Crippen MR) is 82.2 cm³/mol. The van der Waals surface area contributed by atoms with Crippen LogP contribution in [0.1, 0.15) is 19.8 Å². The Kier molecular flexibility index (Phi) is 6.42. The Hall–Kier alpha value is -1.37. The number of hydrogen-bond donors (Lipinski definition) is 2. The van der Waals surface area contributed by atoms with Gasteiger partial charge in [0, 0.05) is 44.4 Å². The normalized spacial score (nSPS) is 25.1. The lowest BCUT2D eigenvalue weighted by Gasteiger charge is -2.35. The third kappa shape index (κ3) is 4.56. The summed E-state index contributed by atoms with van der Waals surface area (Å²) in [4.78, 5) is 14.2. The number of aliphatic hydroxyl groups is 2. The zero-order valence-electron chi connectivity index (χ0n) is 13.1. The van der Waals surface area contributed by atoms with Crippen molar-refractivity contribution in [2.75, 3.05) is 26.3 Å². The summed E-state index contributed by atoms with van der Waals surface area (Å²) in [6, 6.07) is 3.87. The fraction of sp³-hybridized carbons (Fsp3) is 0.688. The molecule has 2 N–H and O–H groups in total. The minimum Gasteiger partial charge on any atom is -0.390 e.